The number of halogens is 3. The predicted molar refractivity (Wildman–Crippen MR) is 96.5 cm³/mol. The van der Waals surface area contributed by atoms with Gasteiger partial charge in [-0.1, -0.05) is 57.9 Å². The van der Waals surface area contributed by atoms with Gasteiger partial charge < -0.3 is 0 Å². The number of fused-ring (bicyclic) bond motifs is 1. The van der Waals surface area contributed by atoms with E-state index in [-0.39, 0.29) is 4.83 Å². The van der Waals surface area contributed by atoms with E-state index in [2.05, 4.69) is 67.6 Å². The van der Waals surface area contributed by atoms with E-state index in [1.165, 1.54) is 15.6 Å². The number of benzene rings is 2. The number of hydrogen-bond donors (Lipinski definition) is 0. The van der Waals surface area contributed by atoms with E-state index in [9.17, 15) is 0 Å². The normalized spacial score (nSPS) is 12.8. The van der Waals surface area contributed by atoms with Gasteiger partial charge in [-0.15, -0.1) is 11.3 Å². The van der Waals surface area contributed by atoms with Gasteiger partial charge >= 0.3 is 0 Å². The van der Waals surface area contributed by atoms with Crippen molar-refractivity contribution >= 4 is 64.9 Å². The zero-order valence-corrected chi connectivity index (χ0v) is 15.4. The molecule has 0 amide bonds. The molecule has 0 spiro atoms. The van der Waals surface area contributed by atoms with Crippen molar-refractivity contribution in [3.8, 4) is 0 Å². The van der Waals surface area contributed by atoms with Crippen molar-refractivity contribution in [1.29, 1.82) is 0 Å². The molecule has 0 nitrogen and oxygen atoms in total. The quantitative estimate of drug-likeness (QED) is 0.380. The van der Waals surface area contributed by atoms with Gasteiger partial charge in [0.1, 0.15) is 0 Å². The monoisotopic (exact) mass is 428 g/mol. The molecule has 1 heterocycles. The highest BCUT2D eigenvalue weighted by Gasteiger charge is 2.18. The summed E-state index contributed by atoms with van der Waals surface area (Å²) in [6.45, 7) is 2.04. The predicted octanol–water partition coefficient (Wildman–Crippen LogP) is 7.11. The van der Waals surface area contributed by atoms with E-state index in [4.69, 9.17) is 11.6 Å². The van der Waals surface area contributed by atoms with Crippen LogP contribution in [0.4, 0.5) is 0 Å². The van der Waals surface area contributed by atoms with Crippen molar-refractivity contribution in [3.63, 3.8) is 0 Å². The molecule has 0 saturated heterocycles. The first kappa shape index (κ1) is 14.6. The van der Waals surface area contributed by atoms with Crippen LogP contribution in [0, 0.1) is 6.92 Å². The highest BCUT2D eigenvalue weighted by Crippen LogP contribution is 2.43. The first-order chi connectivity index (χ1) is 9.59. The molecule has 0 N–H and O–H groups in total. The van der Waals surface area contributed by atoms with Gasteiger partial charge in [0.15, 0.2) is 0 Å². The average Bonchev–Trinajstić information content (AvgIpc) is 2.86. The summed E-state index contributed by atoms with van der Waals surface area (Å²) in [7, 11) is 0. The summed E-state index contributed by atoms with van der Waals surface area (Å²) in [6, 6.07) is 12.5. The second-order valence-corrected chi connectivity index (χ2v) is 7.68. The standard InChI is InChI=1S/C16H11Br2ClS/c1-9-4-2-6-11(15(9)19)14(18)12-8-20-16-10(12)5-3-7-13(16)17/h2-8,14H,1H3. The molecule has 4 heteroatoms. The minimum Gasteiger partial charge on any atom is -0.142 e. The molecule has 0 aliphatic carbocycles. The van der Waals surface area contributed by atoms with Gasteiger partial charge in [-0.3, -0.25) is 0 Å². The second-order valence-electron chi connectivity index (χ2n) is 4.65. The third kappa shape index (κ3) is 2.45. The Bertz CT molecular complexity index is 779. The number of alkyl halides is 1. The first-order valence-electron chi connectivity index (χ1n) is 6.14. The highest BCUT2D eigenvalue weighted by molar-refractivity contribution is 9.10. The van der Waals surface area contributed by atoms with Crippen LogP contribution in [0.25, 0.3) is 10.1 Å². The van der Waals surface area contributed by atoms with E-state index >= 15 is 0 Å². The molecule has 1 aromatic heterocycles. The largest absolute Gasteiger partial charge is 0.142 e. The van der Waals surface area contributed by atoms with Crippen LogP contribution in [-0.4, -0.2) is 0 Å². The first-order valence-corrected chi connectivity index (χ1v) is 9.11. The molecule has 2 aromatic carbocycles. The van der Waals surface area contributed by atoms with E-state index in [0.717, 1.165) is 20.6 Å². The van der Waals surface area contributed by atoms with Crippen LogP contribution in [-0.2, 0) is 0 Å². The Kier molecular flexibility index (Phi) is 4.23. The molecule has 0 bridgehead atoms. The SMILES string of the molecule is Cc1cccc(C(Br)c2csc3c(Br)cccc23)c1Cl. The Hall–Kier alpha value is -0.350. The van der Waals surface area contributed by atoms with Crippen LogP contribution >= 0.6 is 54.8 Å². The highest BCUT2D eigenvalue weighted by atomic mass is 79.9. The molecule has 0 radical (unpaired) electrons. The van der Waals surface area contributed by atoms with Gasteiger partial charge in [0.25, 0.3) is 0 Å². The molecule has 20 heavy (non-hydrogen) atoms. The molecule has 3 aromatic rings. The van der Waals surface area contributed by atoms with Crippen molar-refractivity contribution in [2.24, 2.45) is 0 Å². The van der Waals surface area contributed by atoms with Gasteiger partial charge in [0, 0.05) is 14.2 Å². The number of rotatable bonds is 2. The maximum atomic E-state index is 6.45. The molecule has 1 unspecified atom stereocenters. The maximum absolute atomic E-state index is 6.45. The van der Waals surface area contributed by atoms with Crippen molar-refractivity contribution in [2.75, 3.05) is 0 Å². The van der Waals surface area contributed by atoms with Crippen LogP contribution in [0.3, 0.4) is 0 Å². The molecule has 0 saturated carbocycles. The average molecular weight is 431 g/mol. The van der Waals surface area contributed by atoms with Crippen LogP contribution in [0.1, 0.15) is 21.5 Å². The Morgan fingerprint density at radius 3 is 2.65 bits per heavy atom. The second kappa shape index (κ2) is 5.80. The van der Waals surface area contributed by atoms with Crippen LogP contribution in [0.15, 0.2) is 46.3 Å². The minimum absolute atomic E-state index is 0.109. The number of aryl methyl sites for hydroxylation is 1. The molecule has 102 valence electrons. The van der Waals surface area contributed by atoms with Gasteiger partial charge in [-0.25, -0.2) is 0 Å². The van der Waals surface area contributed by atoms with E-state index in [1.807, 2.05) is 13.0 Å². The number of hydrogen-bond acceptors (Lipinski definition) is 1. The lowest BCUT2D eigenvalue weighted by Crippen LogP contribution is -1.94. The van der Waals surface area contributed by atoms with E-state index in [1.54, 1.807) is 11.3 Å². The van der Waals surface area contributed by atoms with E-state index in [0.29, 0.717) is 0 Å². The Morgan fingerprint density at radius 2 is 1.85 bits per heavy atom. The van der Waals surface area contributed by atoms with Crippen molar-refractivity contribution in [3.05, 3.63) is 68.0 Å². The van der Waals surface area contributed by atoms with Crippen molar-refractivity contribution in [2.45, 2.75) is 11.8 Å². The maximum Gasteiger partial charge on any atom is 0.0673 e. The summed E-state index contributed by atoms with van der Waals surface area (Å²) in [5, 5.41) is 4.31. The van der Waals surface area contributed by atoms with Crippen molar-refractivity contribution < 1.29 is 0 Å². The Morgan fingerprint density at radius 1 is 1.10 bits per heavy atom. The molecule has 0 aliphatic heterocycles. The van der Waals surface area contributed by atoms with Gasteiger partial charge in [-0.05, 0) is 56.4 Å². The fraction of sp³-hybridized carbons (Fsp3) is 0.125. The van der Waals surface area contributed by atoms with E-state index < -0.39 is 0 Å². The fourth-order valence-corrected chi connectivity index (χ4v) is 5.22. The molecule has 1 atom stereocenters. The molecular formula is C16H11Br2ClS. The lowest BCUT2D eigenvalue weighted by Gasteiger charge is -2.13. The summed E-state index contributed by atoms with van der Waals surface area (Å²) in [5.74, 6) is 0. The third-order valence-electron chi connectivity index (χ3n) is 3.35. The number of thiophene rings is 1. The topological polar surface area (TPSA) is 0 Å². The Balaban J connectivity index is 2.16. The van der Waals surface area contributed by atoms with Crippen molar-refractivity contribution in [1.82, 2.24) is 0 Å². The third-order valence-corrected chi connectivity index (χ3v) is 6.82. The minimum atomic E-state index is 0.109. The summed E-state index contributed by atoms with van der Waals surface area (Å²) in [6.07, 6.45) is 0. The Labute approximate surface area is 144 Å². The molecule has 0 fully saturated rings. The molecular weight excluding hydrogens is 420 g/mol. The molecule has 3 rings (SSSR count). The van der Waals surface area contributed by atoms with Gasteiger partial charge in [0.05, 0.1) is 4.83 Å². The summed E-state index contributed by atoms with van der Waals surface area (Å²) < 4.78 is 2.41. The van der Waals surface area contributed by atoms with Crippen LogP contribution < -0.4 is 0 Å². The van der Waals surface area contributed by atoms with Gasteiger partial charge in [0.2, 0.25) is 0 Å². The molecule has 0 aliphatic rings. The summed E-state index contributed by atoms with van der Waals surface area (Å²) >= 11 is 15.6. The van der Waals surface area contributed by atoms with Gasteiger partial charge in [-0.2, -0.15) is 0 Å². The van der Waals surface area contributed by atoms with Crippen LogP contribution in [0.2, 0.25) is 5.02 Å². The van der Waals surface area contributed by atoms with Crippen LogP contribution in [0.5, 0.6) is 0 Å². The lowest BCUT2D eigenvalue weighted by molar-refractivity contribution is 1.20. The summed E-state index contributed by atoms with van der Waals surface area (Å²) in [4.78, 5) is 0.109. The summed E-state index contributed by atoms with van der Waals surface area (Å²) in [5.41, 5.74) is 3.49. The fourth-order valence-electron chi connectivity index (χ4n) is 2.27. The zero-order valence-electron chi connectivity index (χ0n) is 10.7. The smallest absolute Gasteiger partial charge is 0.0673 e. The zero-order chi connectivity index (χ0) is 14.3. The lowest BCUT2D eigenvalue weighted by atomic mass is 10.0.